The number of hydrogen-bond donors (Lipinski definition) is 3. The van der Waals surface area contributed by atoms with Crippen LogP contribution in [0.25, 0.3) is 0 Å². The van der Waals surface area contributed by atoms with Gasteiger partial charge in [-0.05, 0) is 37.1 Å². The van der Waals surface area contributed by atoms with Crippen LogP contribution in [0.15, 0.2) is 29.4 Å². The van der Waals surface area contributed by atoms with Crippen molar-refractivity contribution in [3.05, 3.63) is 29.3 Å². The van der Waals surface area contributed by atoms with Crippen molar-refractivity contribution in [1.82, 2.24) is 0 Å². The number of benzene rings is 1. The van der Waals surface area contributed by atoms with E-state index in [1.807, 2.05) is 0 Å². The zero-order valence-corrected chi connectivity index (χ0v) is 11.2. The molecule has 6 heteroatoms. The quantitative estimate of drug-likeness (QED) is 0.344. The second-order valence-corrected chi connectivity index (χ2v) is 5.17. The van der Waals surface area contributed by atoms with Crippen LogP contribution < -0.4 is 11.1 Å². The van der Waals surface area contributed by atoms with E-state index in [1.54, 1.807) is 24.3 Å². The van der Waals surface area contributed by atoms with Gasteiger partial charge in [0.1, 0.15) is 5.41 Å². The van der Waals surface area contributed by atoms with Crippen molar-refractivity contribution in [2.45, 2.75) is 25.7 Å². The van der Waals surface area contributed by atoms with Gasteiger partial charge < -0.3 is 16.3 Å². The van der Waals surface area contributed by atoms with Crippen LogP contribution in [-0.2, 0) is 4.79 Å². The van der Waals surface area contributed by atoms with Crippen molar-refractivity contribution in [2.24, 2.45) is 16.3 Å². The SMILES string of the molecule is NC(=NO)C1(C(=O)Nc2ccc(Cl)cc2)CCCC1. The highest BCUT2D eigenvalue weighted by molar-refractivity contribution is 6.30. The topological polar surface area (TPSA) is 87.7 Å². The van der Waals surface area contributed by atoms with Crippen LogP contribution >= 0.6 is 11.6 Å². The molecule has 1 aliphatic carbocycles. The summed E-state index contributed by atoms with van der Waals surface area (Å²) in [5.41, 5.74) is 5.46. The Balaban J connectivity index is 2.19. The fourth-order valence-electron chi connectivity index (χ4n) is 2.46. The van der Waals surface area contributed by atoms with Crippen molar-refractivity contribution in [1.29, 1.82) is 0 Å². The number of halogens is 1. The summed E-state index contributed by atoms with van der Waals surface area (Å²) in [5.74, 6) is -0.251. The fourth-order valence-corrected chi connectivity index (χ4v) is 2.58. The van der Waals surface area contributed by atoms with E-state index in [0.29, 0.717) is 23.6 Å². The van der Waals surface area contributed by atoms with Crippen LogP contribution in [0.2, 0.25) is 5.02 Å². The first kappa shape index (κ1) is 13.7. The molecule has 1 amide bonds. The summed E-state index contributed by atoms with van der Waals surface area (Å²) in [6.45, 7) is 0. The second kappa shape index (κ2) is 5.48. The Morgan fingerprint density at radius 1 is 1.32 bits per heavy atom. The maximum absolute atomic E-state index is 12.4. The number of carbonyl (C=O) groups excluding carboxylic acids is 1. The van der Waals surface area contributed by atoms with E-state index in [-0.39, 0.29) is 11.7 Å². The summed E-state index contributed by atoms with van der Waals surface area (Å²) < 4.78 is 0. The van der Waals surface area contributed by atoms with E-state index >= 15 is 0 Å². The lowest BCUT2D eigenvalue weighted by molar-refractivity contribution is -0.122. The summed E-state index contributed by atoms with van der Waals surface area (Å²) >= 11 is 5.79. The molecule has 0 spiro atoms. The number of nitrogens with one attached hydrogen (secondary N) is 1. The van der Waals surface area contributed by atoms with Gasteiger partial charge in [-0.2, -0.15) is 0 Å². The molecule has 102 valence electrons. The van der Waals surface area contributed by atoms with Gasteiger partial charge in [0.15, 0.2) is 5.84 Å². The molecule has 1 fully saturated rings. The summed E-state index contributed by atoms with van der Waals surface area (Å²) in [5, 5.41) is 15.3. The first-order valence-corrected chi connectivity index (χ1v) is 6.51. The molecule has 0 atom stereocenters. The van der Waals surface area contributed by atoms with Gasteiger partial charge in [-0.25, -0.2) is 0 Å². The van der Waals surface area contributed by atoms with Gasteiger partial charge in [0.2, 0.25) is 5.91 Å². The van der Waals surface area contributed by atoms with Gasteiger partial charge in [0, 0.05) is 10.7 Å². The normalized spacial score (nSPS) is 18.3. The van der Waals surface area contributed by atoms with Gasteiger partial charge >= 0.3 is 0 Å². The Hall–Kier alpha value is -1.75. The lowest BCUT2D eigenvalue weighted by Crippen LogP contribution is -2.45. The molecule has 0 radical (unpaired) electrons. The summed E-state index contributed by atoms with van der Waals surface area (Å²) in [7, 11) is 0. The minimum Gasteiger partial charge on any atom is -0.409 e. The molecule has 5 nitrogen and oxygen atoms in total. The van der Waals surface area contributed by atoms with E-state index in [1.165, 1.54) is 0 Å². The standard InChI is InChI=1S/C13H16ClN3O2/c14-9-3-5-10(6-4-9)16-12(18)13(11(15)17-19)7-1-2-8-13/h3-6,19H,1-2,7-8H2,(H2,15,17)(H,16,18). The van der Waals surface area contributed by atoms with Crippen molar-refractivity contribution in [3.8, 4) is 0 Å². The molecule has 1 saturated carbocycles. The van der Waals surface area contributed by atoms with Crippen LogP contribution in [0.1, 0.15) is 25.7 Å². The minimum atomic E-state index is -0.894. The fraction of sp³-hybridized carbons (Fsp3) is 0.385. The van der Waals surface area contributed by atoms with Gasteiger partial charge in [0.25, 0.3) is 0 Å². The molecule has 4 N–H and O–H groups in total. The number of anilines is 1. The summed E-state index contributed by atoms with van der Waals surface area (Å²) in [6.07, 6.45) is 2.99. The van der Waals surface area contributed by atoms with Crippen molar-refractivity contribution in [3.63, 3.8) is 0 Å². The number of rotatable bonds is 3. The maximum Gasteiger partial charge on any atom is 0.238 e. The molecule has 1 aliphatic rings. The molecule has 0 heterocycles. The van der Waals surface area contributed by atoms with E-state index in [9.17, 15) is 4.79 Å². The van der Waals surface area contributed by atoms with Crippen molar-refractivity contribution in [2.75, 3.05) is 5.32 Å². The Labute approximate surface area is 116 Å². The van der Waals surface area contributed by atoms with Gasteiger partial charge in [-0.3, -0.25) is 4.79 Å². The summed E-state index contributed by atoms with van der Waals surface area (Å²) in [4.78, 5) is 12.4. The van der Waals surface area contributed by atoms with Crippen LogP contribution in [0, 0.1) is 5.41 Å². The Morgan fingerprint density at radius 3 is 2.42 bits per heavy atom. The second-order valence-electron chi connectivity index (χ2n) is 4.74. The smallest absolute Gasteiger partial charge is 0.238 e. The average Bonchev–Trinajstić information content (AvgIpc) is 2.91. The molecule has 1 aromatic carbocycles. The van der Waals surface area contributed by atoms with Crippen LogP contribution in [0.4, 0.5) is 5.69 Å². The zero-order chi connectivity index (χ0) is 13.9. The molecule has 0 aromatic heterocycles. The van der Waals surface area contributed by atoms with E-state index in [4.69, 9.17) is 22.5 Å². The van der Waals surface area contributed by atoms with Gasteiger partial charge in [0.05, 0.1) is 0 Å². The number of amides is 1. The third-order valence-corrected chi connectivity index (χ3v) is 3.84. The molecular formula is C13H16ClN3O2. The molecule has 19 heavy (non-hydrogen) atoms. The van der Waals surface area contributed by atoms with E-state index in [0.717, 1.165) is 12.8 Å². The number of nitrogens with zero attached hydrogens (tertiary/aromatic N) is 1. The number of oxime groups is 1. The first-order valence-electron chi connectivity index (χ1n) is 6.13. The molecule has 0 bridgehead atoms. The van der Waals surface area contributed by atoms with Crippen LogP contribution in [-0.4, -0.2) is 17.0 Å². The Bertz CT molecular complexity index is 493. The molecule has 2 rings (SSSR count). The Morgan fingerprint density at radius 2 is 1.89 bits per heavy atom. The first-order chi connectivity index (χ1) is 9.08. The molecular weight excluding hydrogens is 266 g/mol. The van der Waals surface area contributed by atoms with Crippen molar-refractivity contribution < 1.29 is 10.0 Å². The molecule has 0 unspecified atom stereocenters. The summed E-state index contributed by atoms with van der Waals surface area (Å²) in [6, 6.07) is 6.83. The van der Waals surface area contributed by atoms with Gasteiger partial charge in [-0.15, -0.1) is 0 Å². The van der Waals surface area contributed by atoms with Crippen molar-refractivity contribution >= 4 is 29.0 Å². The molecule has 0 aliphatic heterocycles. The predicted molar refractivity (Wildman–Crippen MR) is 74.4 cm³/mol. The third-order valence-electron chi connectivity index (χ3n) is 3.59. The monoisotopic (exact) mass is 281 g/mol. The third kappa shape index (κ3) is 2.66. The highest BCUT2D eigenvalue weighted by atomic mass is 35.5. The number of nitrogens with two attached hydrogens (primary N) is 1. The van der Waals surface area contributed by atoms with Gasteiger partial charge in [-0.1, -0.05) is 29.6 Å². The number of hydrogen-bond acceptors (Lipinski definition) is 3. The number of amidine groups is 1. The highest BCUT2D eigenvalue weighted by Gasteiger charge is 2.45. The van der Waals surface area contributed by atoms with Crippen LogP contribution in [0.3, 0.4) is 0 Å². The largest absolute Gasteiger partial charge is 0.409 e. The van der Waals surface area contributed by atoms with E-state index < -0.39 is 5.41 Å². The van der Waals surface area contributed by atoms with Crippen LogP contribution in [0.5, 0.6) is 0 Å². The number of carbonyl (C=O) groups is 1. The lowest BCUT2D eigenvalue weighted by atomic mass is 9.83. The minimum absolute atomic E-state index is 0.0172. The maximum atomic E-state index is 12.4. The molecule has 1 aromatic rings. The Kier molecular flexibility index (Phi) is 3.95. The predicted octanol–water partition coefficient (Wildman–Crippen LogP) is 2.59. The lowest BCUT2D eigenvalue weighted by Gasteiger charge is -2.25. The average molecular weight is 282 g/mol. The zero-order valence-electron chi connectivity index (χ0n) is 10.4. The molecule has 0 saturated heterocycles. The van der Waals surface area contributed by atoms with E-state index in [2.05, 4.69) is 10.5 Å². The highest BCUT2D eigenvalue weighted by Crippen LogP contribution is 2.39.